The molecule has 5 nitrogen and oxygen atoms in total. The fourth-order valence-electron chi connectivity index (χ4n) is 1.90. The van der Waals surface area contributed by atoms with Gasteiger partial charge in [0, 0.05) is 0 Å². The molecule has 1 aromatic carbocycles. The third-order valence-corrected chi connectivity index (χ3v) is 3.16. The van der Waals surface area contributed by atoms with Crippen LogP contribution in [0.1, 0.15) is 38.2 Å². The second-order valence-electron chi connectivity index (χ2n) is 4.96. The summed E-state index contributed by atoms with van der Waals surface area (Å²) in [5.41, 5.74) is 1.00. The first-order chi connectivity index (χ1) is 10.0. The number of hydrogen-bond acceptors (Lipinski definition) is 3. The minimum absolute atomic E-state index is 0.143. The SMILES string of the molecule is CCCCC(NC(=O)CCOc1ccccc1C)C(=O)O. The van der Waals surface area contributed by atoms with E-state index in [4.69, 9.17) is 9.84 Å². The number of nitrogens with one attached hydrogen (secondary N) is 1. The Balaban J connectivity index is 2.36. The number of carboxylic acids is 1. The van der Waals surface area contributed by atoms with Crippen molar-refractivity contribution >= 4 is 11.9 Å². The molecular formula is C16H23NO4. The van der Waals surface area contributed by atoms with Crippen LogP contribution in [0, 0.1) is 6.92 Å². The molecule has 1 rings (SSSR count). The Bertz CT molecular complexity index is 473. The summed E-state index contributed by atoms with van der Waals surface area (Å²) in [5, 5.41) is 11.6. The highest BCUT2D eigenvalue weighted by atomic mass is 16.5. The van der Waals surface area contributed by atoms with Crippen molar-refractivity contribution in [2.24, 2.45) is 0 Å². The molecule has 0 radical (unpaired) electrons. The van der Waals surface area contributed by atoms with Crippen LogP contribution in [-0.4, -0.2) is 29.6 Å². The van der Waals surface area contributed by atoms with E-state index >= 15 is 0 Å². The summed E-state index contributed by atoms with van der Waals surface area (Å²) in [6, 6.07) is 6.75. The Labute approximate surface area is 125 Å². The summed E-state index contributed by atoms with van der Waals surface area (Å²) in [5.74, 6) is -0.547. The molecule has 1 unspecified atom stereocenters. The first kappa shape index (κ1) is 17.0. The summed E-state index contributed by atoms with van der Waals surface area (Å²) >= 11 is 0. The summed E-state index contributed by atoms with van der Waals surface area (Å²) in [7, 11) is 0. The van der Waals surface area contributed by atoms with Gasteiger partial charge in [-0.3, -0.25) is 4.79 Å². The largest absolute Gasteiger partial charge is 0.493 e. The molecule has 1 atom stereocenters. The van der Waals surface area contributed by atoms with Crippen molar-refractivity contribution in [2.45, 2.75) is 45.6 Å². The van der Waals surface area contributed by atoms with E-state index in [2.05, 4.69) is 5.32 Å². The van der Waals surface area contributed by atoms with Gasteiger partial charge in [0.1, 0.15) is 11.8 Å². The first-order valence-corrected chi connectivity index (χ1v) is 7.25. The Morgan fingerprint density at radius 2 is 2.05 bits per heavy atom. The predicted molar refractivity (Wildman–Crippen MR) is 80.4 cm³/mol. The van der Waals surface area contributed by atoms with E-state index in [9.17, 15) is 9.59 Å². The molecule has 0 aliphatic carbocycles. The lowest BCUT2D eigenvalue weighted by Crippen LogP contribution is -2.41. The number of rotatable bonds is 9. The normalized spacial score (nSPS) is 11.7. The first-order valence-electron chi connectivity index (χ1n) is 7.25. The number of para-hydroxylation sites is 1. The van der Waals surface area contributed by atoms with Crippen LogP contribution in [0.15, 0.2) is 24.3 Å². The smallest absolute Gasteiger partial charge is 0.326 e. The Morgan fingerprint density at radius 1 is 1.33 bits per heavy atom. The van der Waals surface area contributed by atoms with Crippen LogP contribution in [0.25, 0.3) is 0 Å². The highest BCUT2D eigenvalue weighted by Crippen LogP contribution is 2.16. The molecule has 0 bridgehead atoms. The zero-order chi connectivity index (χ0) is 15.7. The molecule has 1 amide bonds. The third-order valence-electron chi connectivity index (χ3n) is 3.16. The fraction of sp³-hybridized carbons (Fsp3) is 0.500. The number of unbranched alkanes of at least 4 members (excludes halogenated alkanes) is 1. The van der Waals surface area contributed by atoms with Crippen molar-refractivity contribution < 1.29 is 19.4 Å². The number of ether oxygens (including phenoxy) is 1. The molecular weight excluding hydrogens is 270 g/mol. The van der Waals surface area contributed by atoms with E-state index in [1.54, 1.807) is 0 Å². The van der Waals surface area contributed by atoms with Crippen molar-refractivity contribution in [3.05, 3.63) is 29.8 Å². The average Bonchev–Trinajstić information content (AvgIpc) is 2.45. The van der Waals surface area contributed by atoms with Gasteiger partial charge >= 0.3 is 5.97 Å². The van der Waals surface area contributed by atoms with E-state index in [1.807, 2.05) is 38.1 Å². The van der Waals surface area contributed by atoms with Crippen LogP contribution in [0.5, 0.6) is 5.75 Å². The van der Waals surface area contributed by atoms with Crippen molar-refractivity contribution in [2.75, 3.05) is 6.61 Å². The van der Waals surface area contributed by atoms with Crippen molar-refractivity contribution in [1.29, 1.82) is 0 Å². The number of carbonyl (C=O) groups is 2. The molecule has 0 spiro atoms. The standard InChI is InChI=1S/C16H23NO4/c1-3-4-8-13(16(19)20)17-15(18)10-11-21-14-9-6-5-7-12(14)2/h5-7,9,13H,3-4,8,10-11H2,1-2H3,(H,17,18)(H,19,20). The zero-order valence-corrected chi connectivity index (χ0v) is 12.6. The number of hydrogen-bond donors (Lipinski definition) is 2. The highest BCUT2D eigenvalue weighted by molar-refractivity contribution is 5.83. The van der Waals surface area contributed by atoms with Crippen molar-refractivity contribution in [3.63, 3.8) is 0 Å². The van der Waals surface area contributed by atoms with E-state index < -0.39 is 12.0 Å². The van der Waals surface area contributed by atoms with Gasteiger partial charge in [0.15, 0.2) is 0 Å². The molecule has 21 heavy (non-hydrogen) atoms. The molecule has 1 aromatic rings. The van der Waals surface area contributed by atoms with Gasteiger partial charge < -0.3 is 15.2 Å². The summed E-state index contributed by atoms with van der Waals surface area (Å²) in [6.45, 7) is 4.15. The number of carbonyl (C=O) groups excluding carboxylic acids is 1. The number of aliphatic carboxylic acids is 1. The summed E-state index contributed by atoms with van der Waals surface area (Å²) < 4.78 is 5.52. The third kappa shape index (κ3) is 6.29. The van der Waals surface area contributed by atoms with E-state index in [1.165, 1.54) is 0 Å². The number of benzene rings is 1. The highest BCUT2D eigenvalue weighted by Gasteiger charge is 2.18. The van der Waals surface area contributed by atoms with Gasteiger partial charge in [-0.15, -0.1) is 0 Å². The maximum Gasteiger partial charge on any atom is 0.326 e. The van der Waals surface area contributed by atoms with Gasteiger partial charge in [-0.05, 0) is 25.0 Å². The Hall–Kier alpha value is -2.04. The van der Waals surface area contributed by atoms with Gasteiger partial charge in [-0.2, -0.15) is 0 Å². The molecule has 0 fully saturated rings. The van der Waals surface area contributed by atoms with E-state index in [0.717, 1.165) is 24.2 Å². The molecule has 0 aromatic heterocycles. The molecule has 2 N–H and O–H groups in total. The van der Waals surface area contributed by atoms with Gasteiger partial charge in [-0.1, -0.05) is 38.0 Å². The van der Waals surface area contributed by atoms with Crippen LogP contribution in [-0.2, 0) is 9.59 Å². The lowest BCUT2D eigenvalue weighted by Gasteiger charge is -2.14. The van der Waals surface area contributed by atoms with Gasteiger partial charge in [0.2, 0.25) is 5.91 Å². The Morgan fingerprint density at radius 3 is 2.67 bits per heavy atom. The second-order valence-corrected chi connectivity index (χ2v) is 4.96. The maximum absolute atomic E-state index is 11.7. The lowest BCUT2D eigenvalue weighted by molar-refractivity contribution is -0.142. The number of aryl methyl sites for hydroxylation is 1. The summed E-state index contributed by atoms with van der Waals surface area (Å²) in [4.78, 5) is 22.8. The van der Waals surface area contributed by atoms with Crippen molar-refractivity contribution in [3.8, 4) is 5.75 Å². The molecule has 116 valence electrons. The van der Waals surface area contributed by atoms with Gasteiger partial charge in [0.25, 0.3) is 0 Å². The molecule has 0 saturated heterocycles. The van der Waals surface area contributed by atoms with Gasteiger partial charge in [0.05, 0.1) is 13.0 Å². The Kier molecular flexibility index (Phi) is 7.29. The number of amides is 1. The van der Waals surface area contributed by atoms with Crippen LogP contribution in [0.4, 0.5) is 0 Å². The minimum Gasteiger partial charge on any atom is -0.493 e. The molecule has 0 aliphatic rings. The zero-order valence-electron chi connectivity index (χ0n) is 12.6. The monoisotopic (exact) mass is 293 g/mol. The fourth-order valence-corrected chi connectivity index (χ4v) is 1.90. The van der Waals surface area contributed by atoms with E-state index in [0.29, 0.717) is 6.42 Å². The lowest BCUT2D eigenvalue weighted by atomic mass is 10.1. The quantitative estimate of drug-likeness (QED) is 0.733. The van der Waals surface area contributed by atoms with Crippen LogP contribution >= 0.6 is 0 Å². The van der Waals surface area contributed by atoms with E-state index in [-0.39, 0.29) is 18.9 Å². The number of carboxylic acid groups (broad SMARTS) is 1. The van der Waals surface area contributed by atoms with Crippen LogP contribution in [0.2, 0.25) is 0 Å². The molecule has 0 heterocycles. The van der Waals surface area contributed by atoms with Crippen LogP contribution in [0.3, 0.4) is 0 Å². The maximum atomic E-state index is 11.7. The molecule has 5 heteroatoms. The molecule has 0 saturated carbocycles. The molecule has 0 aliphatic heterocycles. The summed E-state index contributed by atoms with van der Waals surface area (Å²) in [6.07, 6.45) is 2.27. The minimum atomic E-state index is -0.989. The van der Waals surface area contributed by atoms with Gasteiger partial charge in [-0.25, -0.2) is 4.79 Å². The predicted octanol–water partition coefficient (Wildman–Crippen LogP) is 2.52. The van der Waals surface area contributed by atoms with Crippen molar-refractivity contribution in [1.82, 2.24) is 5.32 Å². The topological polar surface area (TPSA) is 75.6 Å². The van der Waals surface area contributed by atoms with Crippen LogP contribution < -0.4 is 10.1 Å². The average molecular weight is 293 g/mol. The second kappa shape index (κ2) is 9.00.